The first kappa shape index (κ1) is 15.0. The van der Waals surface area contributed by atoms with Gasteiger partial charge in [0.1, 0.15) is 11.5 Å². The number of carbonyl (C=O) groups is 2. The lowest BCUT2D eigenvalue weighted by Crippen LogP contribution is -2.38. The molecule has 7 heteroatoms. The smallest absolute Gasteiger partial charge is 0.315 e. The van der Waals surface area contributed by atoms with Gasteiger partial charge in [0.25, 0.3) is 0 Å². The Hall–Kier alpha value is -2.05. The van der Waals surface area contributed by atoms with Gasteiger partial charge in [0.15, 0.2) is 0 Å². The van der Waals surface area contributed by atoms with Crippen molar-refractivity contribution >= 4 is 12.0 Å². The van der Waals surface area contributed by atoms with Crippen molar-refractivity contribution < 1.29 is 19.2 Å². The second-order valence-corrected chi connectivity index (χ2v) is 4.36. The van der Waals surface area contributed by atoms with Crippen LogP contribution < -0.4 is 10.6 Å². The number of carboxylic acids is 1. The van der Waals surface area contributed by atoms with Gasteiger partial charge >= 0.3 is 12.0 Å². The number of carboxylic acid groups (broad SMARTS) is 1. The van der Waals surface area contributed by atoms with Crippen molar-refractivity contribution in [1.82, 2.24) is 15.8 Å². The Morgan fingerprint density at radius 1 is 1.47 bits per heavy atom. The highest BCUT2D eigenvalue weighted by Gasteiger charge is 2.12. The topological polar surface area (TPSA) is 104 Å². The van der Waals surface area contributed by atoms with Gasteiger partial charge in [-0.25, -0.2) is 4.79 Å². The van der Waals surface area contributed by atoms with E-state index in [9.17, 15) is 9.59 Å². The van der Waals surface area contributed by atoms with Crippen molar-refractivity contribution in [2.24, 2.45) is 5.92 Å². The molecule has 1 heterocycles. The van der Waals surface area contributed by atoms with E-state index in [1.807, 2.05) is 6.92 Å². The lowest BCUT2D eigenvalue weighted by molar-refractivity contribution is -0.138. The van der Waals surface area contributed by atoms with Gasteiger partial charge in [-0.1, -0.05) is 18.5 Å². The van der Waals surface area contributed by atoms with E-state index in [1.54, 1.807) is 13.0 Å². The van der Waals surface area contributed by atoms with E-state index in [4.69, 9.17) is 9.63 Å². The largest absolute Gasteiger partial charge is 0.481 e. The first-order chi connectivity index (χ1) is 9.01. The Labute approximate surface area is 111 Å². The molecular weight excluding hydrogens is 250 g/mol. The van der Waals surface area contributed by atoms with Gasteiger partial charge in [-0.2, -0.15) is 0 Å². The highest BCUT2D eigenvalue weighted by atomic mass is 16.5. The van der Waals surface area contributed by atoms with Crippen LogP contribution in [-0.2, 0) is 11.3 Å². The zero-order chi connectivity index (χ0) is 14.3. The summed E-state index contributed by atoms with van der Waals surface area (Å²) in [5.74, 6) is -0.227. The molecule has 1 atom stereocenters. The van der Waals surface area contributed by atoms with E-state index in [-0.39, 0.29) is 24.9 Å². The average molecular weight is 269 g/mol. The summed E-state index contributed by atoms with van der Waals surface area (Å²) in [5, 5.41) is 17.7. The maximum Gasteiger partial charge on any atom is 0.315 e. The third-order valence-electron chi connectivity index (χ3n) is 2.70. The number of aromatic nitrogens is 1. The summed E-state index contributed by atoms with van der Waals surface area (Å²) in [6, 6.07) is 1.39. The Bertz CT molecular complexity index is 430. The van der Waals surface area contributed by atoms with Crippen LogP contribution in [0.3, 0.4) is 0 Å². The van der Waals surface area contributed by atoms with E-state index < -0.39 is 5.97 Å². The van der Waals surface area contributed by atoms with Crippen LogP contribution in [0.1, 0.15) is 31.2 Å². The number of hydrogen-bond acceptors (Lipinski definition) is 4. The number of hydrogen-bond donors (Lipinski definition) is 3. The average Bonchev–Trinajstić information content (AvgIpc) is 2.77. The first-order valence-corrected chi connectivity index (χ1v) is 6.17. The van der Waals surface area contributed by atoms with Gasteiger partial charge in [-0.15, -0.1) is 0 Å². The van der Waals surface area contributed by atoms with Crippen LogP contribution in [0.25, 0.3) is 0 Å². The molecule has 0 aliphatic rings. The van der Waals surface area contributed by atoms with Crippen LogP contribution in [0.15, 0.2) is 10.6 Å². The van der Waals surface area contributed by atoms with Crippen LogP contribution in [0.5, 0.6) is 0 Å². The summed E-state index contributed by atoms with van der Waals surface area (Å²) in [6.45, 7) is 4.28. The normalized spacial score (nSPS) is 11.9. The zero-order valence-corrected chi connectivity index (χ0v) is 11.1. The number of nitrogens with zero attached hydrogens (tertiary/aromatic N) is 1. The molecule has 0 radical (unpaired) electrons. The molecule has 0 aliphatic heterocycles. The highest BCUT2D eigenvalue weighted by molar-refractivity contribution is 5.74. The third-order valence-corrected chi connectivity index (χ3v) is 2.70. The fourth-order valence-electron chi connectivity index (χ4n) is 1.58. The van der Waals surface area contributed by atoms with Gasteiger partial charge in [0.2, 0.25) is 0 Å². The highest BCUT2D eigenvalue weighted by Crippen LogP contribution is 2.06. The first-order valence-electron chi connectivity index (χ1n) is 6.17. The lowest BCUT2D eigenvalue weighted by Gasteiger charge is -2.13. The second-order valence-electron chi connectivity index (χ2n) is 4.36. The van der Waals surface area contributed by atoms with Crippen LogP contribution in [-0.4, -0.2) is 28.8 Å². The maximum absolute atomic E-state index is 11.5. The molecule has 0 spiro atoms. The second kappa shape index (κ2) is 7.40. The number of carbonyl (C=O) groups excluding carboxylic acids is 1. The summed E-state index contributed by atoms with van der Waals surface area (Å²) < 4.78 is 4.87. The summed E-state index contributed by atoms with van der Waals surface area (Å²) in [7, 11) is 0. The molecule has 7 nitrogen and oxygen atoms in total. The summed E-state index contributed by atoms with van der Waals surface area (Å²) >= 11 is 0. The number of nitrogens with one attached hydrogen (secondary N) is 2. The molecule has 0 bridgehead atoms. The van der Waals surface area contributed by atoms with Gasteiger partial charge in [0, 0.05) is 19.0 Å². The molecule has 1 aromatic heterocycles. The van der Waals surface area contributed by atoms with Gasteiger partial charge < -0.3 is 20.3 Å². The summed E-state index contributed by atoms with van der Waals surface area (Å²) in [6.07, 6.45) is 0.758. The monoisotopic (exact) mass is 269 g/mol. The van der Waals surface area contributed by atoms with Crippen molar-refractivity contribution in [3.05, 3.63) is 17.5 Å². The SMILES string of the molecule is CCC(CNC(=O)NCc1cc(C)on1)CC(=O)O. The van der Waals surface area contributed by atoms with Gasteiger partial charge in [-0.05, 0) is 12.8 Å². The van der Waals surface area contributed by atoms with Crippen LogP contribution in [0.4, 0.5) is 4.79 Å². The van der Waals surface area contributed by atoms with Crippen molar-refractivity contribution in [2.45, 2.75) is 33.2 Å². The zero-order valence-electron chi connectivity index (χ0n) is 11.1. The van der Waals surface area contributed by atoms with Gasteiger partial charge in [0.05, 0.1) is 6.54 Å². The predicted molar refractivity (Wildman–Crippen MR) is 67.5 cm³/mol. The van der Waals surface area contributed by atoms with Gasteiger partial charge in [-0.3, -0.25) is 4.79 Å². The van der Waals surface area contributed by atoms with Crippen LogP contribution in [0, 0.1) is 12.8 Å². The van der Waals surface area contributed by atoms with Crippen LogP contribution >= 0.6 is 0 Å². The van der Waals surface area contributed by atoms with Crippen molar-refractivity contribution in [2.75, 3.05) is 6.54 Å². The molecule has 1 unspecified atom stereocenters. The summed E-state index contributed by atoms with van der Waals surface area (Å²) in [5.41, 5.74) is 0.644. The van der Waals surface area contributed by atoms with E-state index >= 15 is 0 Å². The fraction of sp³-hybridized carbons (Fsp3) is 0.583. The maximum atomic E-state index is 11.5. The summed E-state index contributed by atoms with van der Waals surface area (Å²) in [4.78, 5) is 22.1. The number of rotatable bonds is 7. The minimum Gasteiger partial charge on any atom is -0.481 e. The third kappa shape index (κ3) is 5.89. The predicted octanol–water partition coefficient (Wildman–Crippen LogP) is 1.28. The Morgan fingerprint density at radius 3 is 2.74 bits per heavy atom. The standard InChI is InChI=1S/C12H19N3O4/c1-3-9(5-11(16)17)6-13-12(18)14-7-10-4-8(2)19-15-10/h4,9H,3,5-7H2,1-2H3,(H,16,17)(H2,13,14,18). The van der Waals surface area contributed by atoms with Crippen molar-refractivity contribution in [3.8, 4) is 0 Å². The van der Waals surface area contributed by atoms with E-state index in [0.29, 0.717) is 24.4 Å². The molecule has 0 saturated carbocycles. The molecule has 106 valence electrons. The molecule has 1 rings (SSSR count). The van der Waals surface area contributed by atoms with E-state index in [0.717, 1.165) is 0 Å². The Balaban J connectivity index is 2.25. The Morgan fingerprint density at radius 2 is 2.21 bits per heavy atom. The molecule has 0 aromatic carbocycles. The Kier molecular flexibility index (Phi) is 5.84. The lowest BCUT2D eigenvalue weighted by atomic mass is 10.0. The molecule has 1 aromatic rings. The fourth-order valence-corrected chi connectivity index (χ4v) is 1.58. The minimum absolute atomic E-state index is 0.0548. The number of aryl methyl sites for hydroxylation is 1. The number of urea groups is 1. The molecule has 3 N–H and O–H groups in total. The molecular formula is C12H19N3O4. The number of amides is 2. The van der Waals surface area contributed by atoms with Crippen molar-refractivity contribution in [1.29, 1.82) is 0 Å². The molecule has 2 amide bonds. The minimum atomic E-state index is -0.855. The quantitative estimate of drug-likeness (QED) is 0.691. The van der Waals surface area contributed by atoms with Crippen molar-refractivity contribution in [3.63, 3.8) is 0 Å². The van der Waals surface area contributed by atoms with Crippen LogP contribution in [0.2, 0.25) is 0 Å². The number of aliphatic carboxylic acids is 1. The molecule has 0 aliphatic carbocycles. The molecule has 0 fully saturated rings. The van der Waals surface area contributed by atoms with E-state index in [1.165, 1.54) is 0 Å². The van der Waals surface area contributed by atoms with E-state index in [2.05, 4.69) is 15.8 Å². The molecule has 0 saturated heterocycles. The molecule has 19 heavy (non-hydrogen) atoms.